The average molecular weight is 361 g/mol. The number of carbonyl (C=O) groups excluding carboxylic acids is 1. The van der Waals surface area contributed by atoms with Gasteiger partial charge in [-0.25, -0.2) is 4.98 Å². The van der Waals surface area contributed by atoms with Crippen molar-refractivity contribution in [1.29, 1.82) is 0 Å². The van der Waals surface area contributed by atoms with E-state index < -0.39 is 0 Å². The first-order chi connectivity index (χ1) is 10.6. The van der Waals surface area contributed by atoms with Crippen LogP contribution in [0.25, 0.3) is 0 Å². The van der Waals surface area contributed by atoms with Crippen LogP contribution in [0, 0.1) is 0 Å². The van der Waals surface area contributed by atoms with Gasteiger partial charge in [0.2, 0.25) is 5.91 Å². The molecular formula is C16H17BrN4O. The maximum absolute atomic E-state index is 12.4. The Hall–Kier alpha value is -2.08. The summed E-state index contributed by atoms with van der Waals surface area (Å²) in [5, 5.41) is 0. The molecule has 0 spiro atoms. The highest BCUT2D eigenvalue weighted by Crippen LogP contribution is 2.21. The lowest BCUT2D eigenvalue weighted by atomic mass is 10.2. The molecule has 1 aliphatic heterocycles. The Morgan fingerprint density at radius 2 is 1.95 bits per heavy atom. The molecule has 1 aromatic carbocycles. The van der Waals surface area contributed by atoms with Crippen LogP contribution in [0.4, 0.5) is 11.5 Å². The molecule has 3 rings (SSSR count). The first-order valence-electron chi connectivity index (χ1n) is 7.11. The van der Waals surface area contributed by atoms with Gasteiger partial charge in [-0.1, -0.05) is 30.3 Å². The zero-order valence-corrected chi connectivity index (χ0v) is 13.7. The molecule has 0 saturated carbocycles. The lowest BCUT2D eigenvalue weighted by molar-refractivity contribution is -0.131. The molecule has 1 aliphatic rings. The Morgan fingerprint density at radius 1 is 1.18 bits per heavy atom. The number of carbonyl (C=O) groups is 1. The minimum atomic E-state index is 0.107. The number of nitrogen functional groups attached to an aromatic ring is 1. The van der Waals surface area contributed by atoms with E-state index in [2.05, 4.69) is 20.9 Å². The summed E-state index contributed by atoms with van der Waals surface area (Å²) in [5.41, 5.74) is 7.62. The van der Waals surface area contributed by atoms with Crippen LogP contribution in [-0.4, -0.2) is 35.4 Å². The molecule has 22 heavy (non-hydrogen) atoms. The first kappa shape index (κ1) is 14.8. The van der Waals surface area contributed by atoms with Crippen LogP contribution in [0.1, 0.15) is 5.56 Å². The number of nitrogens with two attached hydrogens (primary N) is 1. The summed E-state index contributed by atoms with van der Waals surface area (Å²) in [6, 6.07) is 13.6. The van der Waals surface area contributed by atoms with E-state index in [1.54, 1.807) is 12.1 Å². The molecule has 2 N–H and O–H groups in total. The summed E-state index contributed by atoms with van der Waals surface area (Å²) >= 11 is 3.34. The number of anilines is 2. The van der Waals surface area contributed by atoms with Gasteiger partial charge in [-0.2, -0.15) is 0 Å². The fourth-order valence-electron chi connectivity index (χ4n) is 2.54. The number of halogens is 1. The number of rotatable bonds is 3. The standard InChI is InChI=1S/C16H17BrN4O/c17-14-8-13(18)9-15(19-14)20-6-7-21(16(22)11-20)10-12-4-2-1-3-5-12/h1-5,8-9H,6-7,10-11H2,(H2,18,19). The van der Waals surface area contributed by atoms with Gasteiger partial charge < -0.3 is 15.5 Å². The average Bonchev–Trinajstić information content (AvgIpc) is 2.49. The molecule has 0 bridgehead atoms. The topological polar surface area (TPSA) is 62.5 Å². The van der Waals surface area contributed by atoms with E-state index >= 15 is 0 Å². The Morgan fingerprint density at radius 3 is 2.64 bits per heavy atom. The number of amides is 1. The largest absolute Gasteiger partial charge is 0.399 e. The second-order valence-electron chi connectivity index (χ2n) is 5.30. The Kier molecular flexibility index (Phi) is 4.29. The summed E-state index contributed by atoms with van der Waals surface area (Å²) in [6.07, 6.45) is 0. The molecule has 1 aromatic heterocycles. The van der Waals surface area contributed by atoms with Gasteiger partial charge in [-0.3, -0.25) is 4.79 Å². The molecule has 2 aromatic rings. The van der Waals surface area contributed by atoms with Crippen molar-refractivity contribution in [2.24, 2.45) is 0 Å². The number of hydrogen-bond donors (Lipinski definition) is 1. The summed E-state index contributed by atoms with van der Waals surface area (Å²) in [6.45, 7) is 2.42. The molecular weight excluding hydrogens is 344 g/mol. The van der Waals surface area contributed by atoms with Gasteiger partial charge in [-0.15, -0.1) is 0 Å². The van der Waals surface area contributed by atoms with Crippen molar-refractivity contribution in [2.45, 2.75) is 6.54 Å². The lowest BCUT2D eigenvalue weighted by Crippen LogP contribution is -2.50. The fourth-order valence-corrected chi connectivity index (χ4v) is 2.99. The minimum absolute atomic E-state index is 0.107. The summed E-state index contributed by atoms with van der Waals surface area (Å²) in [5.74, 6) is 0.843. The van der Waals surface area contributed by atoms with Gasteiger partial charge in [0.25, 0.3) is 0 Å². The van der Waals surface area contributed by atoms with E-state index in [1.165, 1.54) is 0 Å². The predicted octanol–water partition coefficient (Wildman–Crippen LogP) is 2.28. The Balaban J connectivity index is 1.68. The second-order valence-corrected chi connectivity index (χ2v) is 6.12. The van der Waals surface area contributed by atoms with Crippen molar-refractivity contribution in [3.8, 4) is 0 Å². The molecule has 1 amide bonds. The molecule has 1 saturated heterocycles. The van der Waals surface area contributed by atoms with Gasteiger partial charge in [-0.05, 0) is 27.6 Å². The Bertz CT molecular complexity index is 657. The number of pyridine rings is 1. The summed E-state index contributed by atoms with van der Waals surface area (Å²) in [7, 11) is 0. The zero-order chi connectivity index (χ0) is 15.5. The molecule has 114 valence electrons. The number of piperazine rings is 1. The molecule has 2 heterocycles. The van der Waals surface area contributed by atoms with Gasteiger partial charge in [0.1, 0.15) is 10.4 Å². The van der Waals surface area contributed by atoms with Crippen molar-refractivity contribution in [3.05, 3.63) is 52.6 Å². The molecule has 6 heteroatoms. The number of nitrogens with zero attached hydrogens (tertiary/aromatic N) is 3. The van der Waals surface area contributed by atoms with Crippen molar-refractivity contribution in [3.63, 3.8) is 0 Å². The van der Waals surface area contributed by atoms with Crippen LogP contribution in [0.5, 0.6) is 0 Å². The zero-order valence-electron chi connectivity index (χ0n) is 12.1. The highest BCUT2D eigenvalue weighted by Gasteiger charge is 2.25. The van der Waals surface area contributed by atoms with E-state index in [-0.39, 0.29) is 5.91 Å². The van der Waals surface area contributed by atoms with Gasteiger partial charge in [0.15, 0.2) is 0 Å². The highest BCUT2D eigenvalue weighted by atomic mass is 79.9. The van der Waals surface area contributed by atoms with Crippen molar-refractivity contribution in [2.75, 3.05) is 30.3 Å². The quantitative estimate of drug-likeness (QED) is 0.852. The smallest absolute Gasteiger partial charge is 0.242 e. The van der Waals surface area contributed by atoms with E-state index in [0.717, 1.165) is 17.9 Å². The Labute approximate surface area is 137 Å². The maximum atomic E-state index is 12.4. The SMILES string of the molecule is Nc1cc(Br)nc(N2CCN(Cc3ccccc3)C(=O)C2)c1. The van der Waals surface area contributed by atoms with Crippen LogP contribution in [0.2, 0.25) is 0 Å². The van der Waals surface area contributed by atoms with Crippen LogP contribution < -0.4 is 10.6 Å². The monoisotopic (exact) mass is 360 g/mol. The van der Waals surface area contributed by atoms with Crippen molar-refractivity contribution in [1.82, 2.24) is 9.88 Å². The molecule has 1 fully saturated rings. The third kappa shape index (κ3) is 3.39. The minimum Gasteiger partial charge on any atom is -0.399 e. The van der Waals surface area contributed by atoms with E-state index in [0.29, 0.717) is 29.9 Å². The predicted molar refractivity (Wildman–Crippen MR) is 90.4 cm³/mol. The third-order valence-corrected chi connectivity index (χ3v) is 4.07. The van der Waals surface area contributed by atoms with Gasteiger partial charge >= 0.3 is 0 Å². The molecule has 0 atom stereocenters. The molecule has 5 nitrogen and oxygen atoms in total. The van der Waals surface area contributed by atoms with Crippen molar-refractivity contribution >= 4 is 33.3 Å². The van der Waals surface area contributed by atoms with E-state index in [1.807, 2.05) is 40.1 Å². The van der Waals surface area contributed by atoms with Crippen molar-refractivity contribution < 1.29 is 4.79 Å². The van der Waals surface area contributed by atoms with Crippen LogP contribution in [0.3, 0.4) is 0 Å². The van der Waals surface area contributed by atoms with E-state index in [4.69, 9.17) is 5.73 Å². The first-order valence-corrected chi connectivity index (χ1v) is 7.91. The third-order valence-electron chi connectivity index (χ3n) is 3.66. The number of hydrogen-bond acceptors (Lipinski definition) is 4. The van der Waals surface area contributed by atoms with E-state index in [9.17, 15) is 4.79 Å². The summed E-state index contributed by atoms with van der Waals surface area (Å²) < 4.78 is 0.682. The lowest BCUT2D eigenvalue weighted by Gasteiger charge is -2.35. The maximum Gasteiger partial charge on any atom is 0.242 e. The molecule has 0 aliphatic carbocycles. The second kappa shape index (κ2) is 6.36. The fraction of sp³-hybridized carbons (Fsp3) is 0.250. The summed E-state index contributed by atoms with van der Waals surface area (Å²) in [4.78, 5) is 20.6. The van der Waals surface area contributed by atoms with Crippen LogP contribution in [0.15, 0.2) is 47.1 Å². The molecule has 0 radical (unpaired) electrons. The van der Waals surface area contributed by atoms with Gasteiger partial charge in [0.05, 0.1) is 6.54 Å². The van der Waals surface area contributed by atoms with Crippen LogP contribution >= 0.6 is 15.9 Å². The molecule has 0 unspecified atom stereocenters. The normalized spacial score (nSPS) is 15.2. The van der Waals surface area contributed by atoms with Crippen LogP contribution in [-0.2, 0) is 11.3 Å². The number of benzene rings is 1. The van der Waals surface area contributed by atoms with Gasteiger partial charge in [0, 0.05) is 31.4 Å². The highest BCUT2D eigenvalue weighted by molar-refractivity contribution is 9.10. The number of aromatic nitrogens is 1.